The fourth-order valence-electron chi connectivity index (χ4n) is 2.87. The van der Waals surface area contributed by atoms with E-state index in [2.05, 4.69) is 10.6 Å². The van der Waals surface area contributed by atoms with Crippen molar-refractivity contribution in [1.82, 2.24) is 10.6 Å². The predicted octanol–water partition coefficient (Wildman–Crippen LogP) is 2.24. The summed E-state index contributed by atoms with van der Waals surface area (Å²) in [7, 11) is 1.41. The van der Waals surface area contributed by atoms with Gasteiger partial charge in [-0.3, -0.25) is 4.79 Å². The van der Waals surface area contributed by atoms with Gasteiger partial charge in [0, 0.05) is 24.6 Å². The van der Waals surface area contributed by atoms with Gasteiger partial charge in [-0.1, -0.05) is 0 Å². The van der Waals surface area contributed by atoms with Crippen LogP contribution in [0.1, 0.15) is 24.8 Å². The van der Waals surface area contributed by atoms with Crippen LogP contribution in [0.4, 0.5) is 13.2 Å². The summed E-state index contributed by atoms with van der Waals surface area (Å²) in [4.78, 5) is 12.0. The molecule has 1 aromatic carbocycles. The van der Waals surface area contributed by atoms with E-state index in [9.17, 15) is 18.0 Å². The lowest BCUT2D eigenvalue weighted by molar-refractivity contribution is -0.122. The maximum Gasteiger partial charge on any atom is 0.255 e. The molecule has 1 saturated carbocycles. The van der Waals surface area contributed by atoms with Crippen LogP contribution in [0.25, 0.3) is 0 Å². The molecule has 1 aliphatic heterocycles. The standard InChI is InChI=1S/C17H21F3N2O3/c1-24-14-6-15(25-9-11-7-17(11,19)20)12(18)5-10(14)8-22-16(23)13-3-2-4-21-13/h5-6,11,13,21H,2-4,7-9H2,1H3,(H,22,23)/t11?,13-/m0/s1. The van der Waals surface area contributed by atoms with Crippen molar-refractivity contribution in [2.75, 3.05) is 20.3 Å². The van der Waals surface area contributed by atoms with Crippen molar-refractivity contribution in [2.45, 2.75) is 37.8 Å². The molecule has 3 rings (SSSR count). The highest BCUT2D eigenvalue weighted by molar-refractivity contribution is 5.82. The largest absolute Gasteiger partial charge is 0.496 e. The van der Waals surface area contributed by atoms with E-state index in [1.165, 1.54) is 19.2 Å². The van der Waals surface area contributed by atoms with Gasteiger partial charge in [-0.15, -0.1) is 0 Å². The first-order valence-electron chi connectivity index (χ1n) is 8.29. The van der Waals surface area contributed by atoms with E-state index in [0.29, 0.717) is 11.3 Å². The molecule has 8 heteroatoms. The Kier molecular flexibility index (Phi) is 5.08. The van der Waals surface area contributed by atoms with Gasteiger partial charge in [-0.2, -0.15) is 0 Å². The molecule has 1 aromatic rings. The zero-order valence-electron chi connectivity index (χ0n) is 13.9. The molecule has 2 aliphatic rings. The van der Waals surface area contributed by atoms with E-state index < -0.39 is 17.7 Å². The number of alkyl halides is 2. The van der Waals surface area contributed by atoms with Crippen LogP contribution in [0.15, 0.2) is 12.1 Å². The fourth-order valence-corrected chi connectivity index (χ4v) is 2.87. The molecule has 0 aromatic heterocycles. The number of halogens is 3. The van der Waals surface area contributed by atoms with Gasteiger partial charge in [-0.25, -0.2) is 13.2 Å². The smallest absolute Gasteiger partial charge is 0.255 e. The third-order valence-corrected chi connectivity index (χ3v) is 4.56. The second-order valence-corrected chi connectivity index (χ2v) is 6.43. The molecule has 138 valence electrons. The SMILES string of the molecule is COc1cc(OCC2CC2(F)F)c(F)cc1CNC(=O)[C@@H]1CCCN1. The minimum atomic E-state index is -2.71. The molecule has 1 unspecified atom stereocenters. The minimum absolute atomic E-state index is 0.109. The quantitative estimate of drug-likeness (QED) is 0.785. The number of amides is 1. The van der Waals surface area contributed by atoms with Crippen LogP contribution in [-0.2, 0) is 11.3 Å². The Bertz CT molecular complexity index is 648. The first kappa shape index (κ1) is 17.8. The average Bonchev–Trinajstić information content (AvgIpc) is 2.99. The monoisotopic (exact) mass is 358 g/mol. The molecule has 5 nitrogen and oxygen atoms in total. The Morgan fingerprint density at radius 3 is 2.76 bits per heavy atom. The average molecular weight is 358 g/mol. The lowest BCUT2D eigenvalue weighted by Gasteiger charge is -2.15. The second kappa shape index (κ2) is 7.11. The summed E-state index contributed by atoms with van der Waals surface area (Å²) in [6, 6.07) is 2.30. The van der Waals surface area contributed by atoms with E-state index in [1.807, 2.05) is 0 Å². The number of carbonyl (C=O) groups excluding carboxylic acids is 1. The number of rotatable bonds is 7. The first-order chi connectivity index (χ1) is 11.9. The number of carbonyl (C=O) groups is 1. The van der Waals surface area contributed by atoms with Crippen LogP contribution in [0.3, 0.4) is 0 Å². The van der Waals surface area contributed by atoms with Gasteiger partial charge >= 0.3 is 0 Å². The van der Waals surface area contributed by atoms with Gasteiger partial charge in [0.25, 0.3) is 5.92 Å². The topological polar surface area (TPSA) is 59.6 Å². The van der Waals surface area contributed by atoms with Crippen LogP contribution in [-0.4, -0.2) is 38.1 Å². The zero-order valence-corrected chi connectivity index (χ0v) is 13.9. The summed E-state index contributed by atoms with van der Waals surface area (Å²) >= 11 is 0. The fraction of sp³-hybridized carbons (Fsp3) is 0.588. The van der Waals surface area contributed by atoms with Gasteiger partial charge in [0.2, 0.25) is 5.91 Å². The molecule has 0 spiro atoms. The molecular formula is C17H21F3N2O3. The molecule has 2 N–H and O–H groups in total. The van der Waals surface area contributed by atoms with Crippen molar-refractivity contribution in [3.05, 3.63) is 23.5 Å². The summed E-state index contributed by atoms with van der Waals surface area (Å²) in [5.74, 6) is -4.19. The van der Waals surface area contributed by atoms with Crippen LogP contribution in [0, 0.1) is 11.7 Å². The maximum atomic E-state index is 14.2. The van der Waals surface area contributed by atoms with Crippen molar-refractivity contribution in [1.29, 1.82) is 0 Å². The summed E-state index contributed by atoms with van der Waals surface area (Å²) in [6.45, 7) is 0.677. The Hall–Kier alpha value is -1.96. The van der Waals surface area contributed by atoms with Gasteiger partial charge in [0.15, 0.2) is 11.6 Å². The van der Waals surface area contributed by atoms with E-state index in [0.717, 1.165) is 19.4 Å². The van der Waals surface area contributed by atoms with Crippen molar-refractivity contribution in [2.24, 2.45) is 5.92 Å². The number of benzene rings is 1. The van der Waals surface area contributed by atoms with Crippen molar-refractivity contribution in [3.8, 4) is 11.5 Å². The normalized spacial score (nSPS) is 24.0. The Balaban J connectivity index is 1.61. The van der Waals surface area contributed by atoms with Gasteiger partial charge < -0.3 is 20.1 Å². The molecule has 0 radical (unpaired) electrons. The highest BCUT2D eigenvalue weighted by Gasteiger charge is 2.57. The molecule has 1 aliphatic carbocycles. The Morgan fingerprint density at radius 2 is 2.16 bits per heavy atom. The van der Waals surface area contributed by atoms with Crippen molar-refractivity contribution >= 4 is 5.91 Å². The minimum Gasteiger partial charge on any atom is -0.496 e. The molecule has 0 bridgehead atoms. The second-order valence-electron chi connectivity index (χ2n) is 6.43. The van der Waals surface area contributed by atoms with E-state index in [4.69, 9.17) is 9.47 Å². The van der Waals surface area contributed by atoms with Crippen LogP contribution >= 0.6 is 0 Å². The van der Waals surface area contributed by atoms with Crippen LogP contribution in [0.5, 0.6) is 11.5 Å². The van der Waals surface area contributed by atoms with E-state index >= 15 is 0 Å². The van der Waals surface area contributed by atoms with Crippen LogP contribution < -0.4 is 20.1 Å². The van der Waals surface area contributed by atoms with Crippen molar-refractivity contribution in [3.63, 3.8) is 0 Å². The molecule has 1 saturated heterocycles. The highest BCUT2D eigenvalue weighted by Crippen LogP contribution is 2.48. The summed E-state index contributed by atoms with van der Waals surface area (Å²) < 4.78 is 50.3. The third-order valence-electron chi connectivity index (χ3n) is 4.56. The van der Waals surface area contributed by atoms with E-state index in [1.54, 1.807) is 0 Å². The molecule has 25 heavy (non-hydrogen) atoms. The first-order valence-corrected chi connectivity index (χ1v) is 8.29. The van der Waals surface area contributed by atoms with E-state index in [-0.39, 0.29) is 37.3 Å². The third kappa shape index (κ3) is 4.18. The molecule has 2 fully saturated rings. The number of methoxy groups -OCH3 is 1. The zero-order chi connectivity index (χ0) is 18.0. The Labute approximate surface area is 143 Å². The summed E-state index contributed by atoms with van der Waals surface area (Å²) in [5.41, 5.74) is 0.454. The van der Waals surface area contributed by atoms with Gasteiger partial charge in [0.1, 0.15) is 5.75 Å². The lowest BCUT2D eigenvalue weighted by Crippen LogP contribution is -2.40. The molecule has 1 heterocycles. The molecule has 1 amide bonds. The number of ether oxygens (including phenoxy) is 2. The Morgan fingerprint density at radius 1 is 1.40 bits per heavy atom. The number of hydrogen-bond acceptors (Lipinski definition) is 4. The summed E-state index contributed by atoms with van der Waals surface area (Å²) in [6.07, 6.45) is 1.49. The number of nitrogens with one attached hydrogen (secondary N) is 2. The summed E-state index contributed by atoms with van der Waals surface area (Å²) in [5, 5.41) is 5.83. The highest BCUT2D eigenvalue weighted by atomic mass is 19.3. The van der Waals surface area contributed by atoms with Gasteiger partial charge in [0.05, 0.1) is 25.7 Å². The van der Waals surface area contributed by atoms with Crippen molar-refractivity contribution < 1.29 is 27.4 Å². The van der Waals surface area contributed by atoms with Crippen LogP contribution in [0.2, 0.25) is 0 Å². The number of hydrogen-bond donors (Lipinski definition) is 2. The molecule has 2 atom stereocenters. The lowest BCUT2D eigenvalue weighted by atomic mass is 10.1. The molecular weight excluding hydrogens is 337 g/mol. The van der Waals surface area contributed by atoms with Gasteiger partial charge in [-0.05, 0) is 25.5 Å². The predicted molar refractivity (Wildman–Crippen MR) is 84.4 cm³/mol. The maximum absolute atomic E-state index is 14.2.